The smallest absolute Gasteiger partial charge is 0.330 e. The average molecular weight is 390 g/mol. The zero-order chi connectivity index (χ0) is 20.2. The Balaban J connectivity index is 1.69. The molecule has 0 saturated heterocycles. The standard InChI is InChI=1S/C21H26O7/c1-3-21(23)27-15-13-25-11-10-24-12-14-26-19-8-4-7-18-17(19)6-5-9-20(18)28-16(2)22/h3-9,16,22H,1,10-15H2,2H3. The zero-order valence-corrected chi connectivity index (χ0v) is 16.0. The SMILES string of the molecule is C=CC(=O)OCCOCCOCCOc1cccc2c(OC(C)O)cccc12. The van der Waals surface area contributed by atoms with Crippen LogP contribution in [-0.4, -0.2) is 57.0 Å². The normalized spacial score (nSPS) is 11.8. The van der Waals surface area contributed by atoms with E-state index in [-0.39, 0.29) is 6.61 Å². The van der Waals surface area contributed by atoms with E-state index in [0.29, 0.717) is 38.8 Å². The number of aliphatic hydroxyl groups excluding tert-OH is 1. The van der Waals surface area contributed by atoms with Gasteiger partial charge in [-0.05, 0) is 19.1 Å². The van der Waals surface area contributed by atoms with Gasteiger partial charge in [0.1, 0.15) is 24.7 Å². The molecule has 7 nitrogen and oxygen atoms in total. The van der Waals surface area contributed by atoms with Crippen molar-refractivity contribution in [2.75, 3.05) is 39.6 Å². The van der Waals surface area contributed by atoms with E-state index in [4.69, 9.17) is 23.7 Å². The number of rotatable bonds is 13. The summed E-state index contributed by atoms with van der Waals surface area (Å²) in [6, 6.07) is 11.3. The number of carbonyl (C=O) groups is 1. The zero-order valence-electron chi connectivity index (χ0n) is 16.0. The van der Waals surface area contributed by atoms with Crippen molar-refractivity contribution in [3.05, 3.63) is 49.1 Å². The van der Waals surface area contributed by atoms with Crippen molar-refractivity contribution >= 4 is 16.7 Å². The quantitative estimate of drug-likeness (QED) is 0.244. The van der Waals surface area contributed by atoms with E-state index in [9.17, 15) is 9.90 Å². The van der Waals surface area contributed by atoms with Crippen molar-refractivity contribution in [3.8, 4) is 11.5 Å². The minimum Gasteiger partial charge on any atom is -0.491 e. The lowest BCUT2D eigenvalue weighted by Crippen LogP contribution is -2.13. The summed E-state index contributed by atoms with van der Waals surface area (Å²) in [6.07, 6.45) is 0.222. The summed E-state index contributed by atoms with van der Waals surface area (Å²) < 4.78 is 26.8. The van der Waals surface area contributed by atoms with Crippen LogP contribution in [0, 0.1) is 0 Å². The Morgan fingerprint density at radius 3 is 2.18 bits per heavy atom. The van der Waals surface area contributed by atoms with E-state index in [0.717, 1.165) is 22.6 Å². The molecular formula is C21H26O7. The molecule has 0 heterocycles. The number of fused-ring (bicyclic) bond motifs is 1. The van der Waals surface area contributed by atoms with Crippen LogP contribution >= 0.6 is 0 Å². The van der Waals surface area contributed by atoms with Crippen LogP contribution in [0.15, 0.2) is 49.1 Å². The van der Waals surface area contributed by atoms with Crippen LogP contribution in [0.5, 0.6) is 11.5 Å². The van der Waals surface area contributed by atoms with E-state index < -0.39 is 12.3 Å². The number of hydrogen-bond donors (Lipinski definition) is 1. The minimum absolute atomic E-state index is 0.190. The van der Waals surface area contributed by atoms with E-state index in [1.54, 1.807) is 13.0 Å². The van der Waals surface area contributed by atoms with Crippen LogP contribution in [0.25, 0.3) is 10.8 Å². The van der Waals surface area contributed by atoms with Crippen molar-refractivity contribution in [1.82, 2.24) is 0 Å². The Labute approximate surface area is 164 Å². The molecule has 1 atom stereocenters. The molecule has 1 unspecified atom stereocenters. The Morgan fingerprint density at radius 2 is 1.54 bits per heavy atom. The molecule has 0 aliphatic rings. The maximum atomic E-state index is 10.8. The average Bonchev–Trinajstić information content (AvgIpc) is 2.69. The molecule has 152 valence electrons. The summed E-state index contributed by atoms with van der Waals surface area (Å²) in [4.78, 5) is 10.8. The van der Waals surface area contributed by atoms with Gasteiger partial charge in [-0.3, -0.25) is 0 Å². The number of aliphatic hydroxyl groups is 1. The second-order valence-corrected chi connectivity index (χ2v) is 5.77. The topological polar surface area (TPSA) is 83.5 Å². The molecule has 7 heteroatoms. The molecule has 28 heavy (non-hydrogen) atoms. The molecule has 0 amide bonds. The first-order valence-corrected chi connectivity index (χ1v) is 9.05. The van der Waals surface area contributed by atoms with Crippen LogP contribution < -0.4 is 9.47 Å². The van der Waals surface area contributed by atoms with Gasteiger partial charge >= 0.3 is 5.97 Å². The maximum Gasteiger partial charge on any atom is 0.330 e. The van der Waals surface area contributed by atoms with Crippen LogP contribution in [-0.2, 0) is 19.0 Å². The van der Waals surface area contributed by atoms with Crippen molar-refractivity contribution < 1.29 is 33.6 Å². The summed E-state index contributed by atoms with van der Waals surface area (Å²) in [6.45, 7) is 6.99. The second-order valence-electron chi connectivity index (χ2n) is 5.77. The van der Waals surface area contributed by atoms with Gasteiger partial charge in [0.05, 0.1) is 26.4 Å². The van der Waals surface area contributed by atoms with Gasteiger partial charge < -0.3 is 28.8 Å². The number of carbonyl (C=O) groups excluding carboxylic acids is 1. The van der Waals surface area contributed by atoms with Gasteiger partial charge in [0.25, 0.3) is 0 Å². The van der Waals surface area contributed by atoms with Crippen LogP contribution in [0.2, 0.25) is 0 Å². The third-order valence-electron chi connectivity index (χ3n) is 3.64. The lowest BCUT2D eigenvalue weighted by atomic mass is 10.1. The van der Waals surface area contributed by atoms with E-state index in [1.165, 1.54) is 0 Å². The van der Waals surface area contributed by atoms with Crippen LogP contribution in [0.4, 0.5) is 0 Å². The lowest BCUT2D eigenvalue weighted by Gasteiger charge is -2.14. The largest absolute Gasteiger partial charge is 0.491 e. The Bertz CT molecular complexity index is 758. The Morgan fingerprint density at radius 1 is 0.964 bits per heavy atom. The van der Waals surface area contributed by atoms with Crippen molar-refractivity contribution in [1.29, 1.82) is 0 Å². The van der Waals surface area contributed by atoms with Gasteiger partial charge in [0.2, 0.25) is 0 Å². The van der Waals surface area contributed by atoms with Gasteiger partial charge in [-0.25, -0.2) is 4.79 Å². The van der Waals surface area contributed by atoms with E-state index in [2.05, 4.69) is 6.58 Å². The predicted molar refractivity (Wildman–Crippen MR) is 105 cm³/mol. The molecule has 0 aliphatic carbocycles. The highest BCUT2D eigenvalue weighted by Crippen LogP contribution is 2.32. The Hall–Kier alpha value is -2.61. The minimum atomic E-state index is -0.889. The number of esters is 1. The van der Waals surface area contributed by atoms with E-state index >= 15 is 0 Å². The van der Waals surface area contributed by atoms with Gasteiger partial charge in [0.15, 0.2) is 6.29 Å². The summed E-state index contributed by atoms with van der Waals surface area (Å²) in [5, 5.41) is 11.2. The fourth-order valence-electron chi connectivity index (χ4n) is 2.46. The third kappa shape index (κ3) is 7.19. The maximum absolute atomic E-state index is 10.8. The van der Waals surface area contributed by atoms with Crippen molar-refractivity contribution in [2.45, 2.75) is 13.2 Å². The molecule has 2 rings (SSSR count). The monoisotopic (exact) mass is 390 g/mol. The first kappa shape index (κ1) is 21.7. The summed E-state index contributed by atoms with van der Waals surface area (Å²) in [5.41, 5.74) is 0. The predicted octanol–water partition coefficient (Wildman–Crippen LogP) is 2.70. The first-order valence-electron chi connectivity index (χ1n) is 9.05. The third-order valence-corrected chi connectivity index (χ3v) is 3.64. The lowest BCUT2D eigenvalue weighted by molar-refractivity contribution is -0.139. The summed E-state index contributed by atoms with van der Waals surface area (Å²) >= 11 is 0. The van der Waals surface area contributed by atoms with E-state index in [1.807, 2.05) is 30.3 Å². The fraction of sp³-hybridized carbons (Fsp3) is 0.381. The molecule has 0 radical (unpaired) electrons. The van der Waals surface area contributed by atoms with Gasteiger partial charge in [-0.1, -0.05) is 30.8 Å². The van der Waals surface area contributed by atoms with Gasteiger partial charge in [-0.15, -0.1) is 0 Å². The Kier molecular flexibility index (Phi) is 9.27. The molecule has 0 spiro atoms. The number of hydrogen-bond acceptors (Lipinski definition) is 7. The molecule has 0 aliphatic heterocycles. The molecule has 2 aromatic rings. The van der Waals surface area contributed by atoms with Crippen LogP contribution in [0.3, 0.4) is 0 Å². The summed E-state index contributed by atoms with van der Waals surface area (Å²) in [5.74, 6) is 0.859. The van der Waals surface area contributed by atoms with Gasteiger partial charge in [0, 0.05) is 16.8 Å². The molecular weight excluding hydrogens is 364 g/mol. The van der Waals surface area contributed by atoms with Crippen molar-refractivity contribution in [2.24, 2.45) is 0 Å². The molecule has 0 bridgehead atoms. The molecule has 1 N–H and O–H groups in total. The first-order chi connectivity index (χ1) is 13.6. The molecule has 0 aromatic heterocycles. The number of ether oxygens (including phenoxy) is 5. The van der Waals surface area contributed by atoms with Crippen molar-refractivity contribution in [3.63, 3.8) is 0 Å². The summed E-state index contributed by atoms with van der Waals surface area (Å²) in [7, 11) is 0. The molecule has 0 saturated carbocycles. The molecule has 0 fully saturated rings. The fourth-order valence-corrected chi connectivity index (χ4v) is 2.46. The number of benzene rings is 2. The highest BCUT2D eigenvalue weighted by Gasteiger charge is 2.08. The van der Waals surface area contributed by atoms with Crippen LogP contribution in [0.1, 0.15) is 6.92 Å². The highest BCUT2D eigenvalue weighted by atomic mass is 16.6. The second kappa shape index (κ2) is 12.0. The highest BCUT2D eigenvalue weighted by molar-refractivity contribution is 5.93. The molecule has 2 aromatic carbocycles. The van der Waals surface area contributed by atoms with Gasteiger partial charge in [-0.2, -0.15) is 0 Å².